The van der Waals surface area contributed by atoms with Crippen molar-refractivity contribution in [2.45, 2.75) is 25.8 Å². The predicted molar refractivity (Wildman–Crippen MR) is 118 cm³/mol. The van der Waals surface area contributed by atoms with Crippen molar-refractivity contribution in [1.29, 1.82) is 0 Å². The quantitative estimate of drug-likeness (QED) is 0.656. The van der Waals surface area contributed by atoms with Crippen molar-refractivity contribution >= 4 is 5.91 Å². The zero-order chi connectivity index (χ0) is 22.1. The maximum Gasteiger partial charge on any atom is 0.271 e. The largest absolute Gasteiger partial charge is 0.337 e. The zero-order valence-corrected chi connectivity index (χ0v) is 17.9. The van der Waals surface area contributed by atoms with E-state index in [-0.39, 0.29) is 23.0 Å². The number of likely N-dealkylation sites (tertiary alicyclic amines) is 2. The lowest BCUT2D eigenvalue weighted by molar-refractivity contribution is 0.0669. The lowest BCUT2D eigenvalue weighted by Gasteiger charge is -2.40. The Morgan fingerprint density at radius 3 is 2.59 bits per heavy atom. The molecule has 3 aromatic rings. The van der Waals surface area contributed by atoms with Gasteiger partial charge < -0.3 is 4.90 Å². The molecular formula is C25H26F2N4O. The molecule has 32 heavy (non-hydrogen) atoms. The molecule has 3 heterocycles. The summed E-state index contributed by atoms with van der Waals surface area (Å²) in [5.74, 6) is -0.640. The Balaban J connectivity index is 1.26. The molecule has 0 bridgehead atoms. The first-order chi connectivity index (χ1) is 15.5. The maximum atomic E-state index is 14.1. The molecule has 1 spiro atoms. The second-order valence-electron chi connectivity index (χ2n) is 9.03. The summed E-state index contributed by atoms with van der Waals surface area (Å²) >= 11 is 0. The number of aromatic amines is 1. The van der Waals surface area contributed by atoms with Gasteiger partial charge in [0.2, 0.25) is 0 Å². The minimum atomic E-state index is -0.365. The standard InChI is InChI=1S/C25H26F2N4O/c26-20-8-3-1-6-18(20)15-30-12-5-10-25(16-30)11-13-31(17-25)24(32)23-14-22(28-29-23)19-7-2-4-9-21(19)27/h1-4,6-9,14H,5,10-13,15-17H2,(H,28,29). The third-order valence-corrected chi connectivity index (χ3v) is 6.78. The van der Waals surface area contributed by atoms with E-state index in [1.165, 1.54) is 12.1 Å². The predicted octanol–water partition coefficient (Wildman–Crippen LogP) is 4.48. The SMILES string of the molecule is O=C(c1cc(-c2ccccc2F)n[nH]1)N1CCC2(CCCN(Cc3ccccc3F)C2)C1. The highest BCUT2D eigenvalue weighted by Crippen LogP contribution is 2.40. The third-order valence-electron chi connectivity index (χ3n) is 6.78. The molecule has 1 N–H and O–H groups in total. The smallest absolute Gasteiger partial charge is 0.271 e. The number of carbonyl (C=O) groups is 1. The minimum Gasteiger partial charge on any atom is -0.337 e. The van der Waals surface area contributed by atoms with E-state index in [4.69, 9.17) is 0 Å². The van der Waals surface area contributed by atoms with Crippen molar-refractivity contribution < 1.29 is 13.6 Å². The topological polar surface area (TPSA) is 52.2 Å². The van der Waals surface area contributed by atoms with Gasteiger partial charge >= 0.3 is 0 Å². The fourth-order valence-electron chi connectivity index (χ4n) is 5.16. The highest BCUT2D eigenvalue weighted by Gasteiger charge is 2.43. The molecule has 2 aliphatic rings. The van der Waals surface area contributed by atoms with Crippen LogP contribution in [0.3, 0.4) is 0 Å². The van der Waals surface area contributed by atoms with Gasteiger partial charge in [-0.25, -0.2) is 8.78 Å². The van der Waals surface area contributed by atoms with E-state index in [1.807, 2.05) is 17.0 Å². The molecule has 1 unspecified atom stereocenters. The number of piperidine rings is 1. The lowest BCUT2D eigenvalue weighted by atomic mass is 9.79. The fourth-order valence-corrected chi connectivity index (χ4v) is 5.16. The van der Waals surface area contributed by atoms with Gasteiger partial charge in [0, 0.05) is 42.7 Å². The Kier molecular flexibility index (Phi) is 5.51. The molecule has 2 aromatic carbocycles. The number of hydrogen-bond donors (Lipinski definition) is 1. The highest BCUT2D eigenvalue weighted by molar-refractivity contribution is 5.93. The van der Waals surface area contributed by atoms with Crippen LogP contribution >= 0.6 is 0 Å². The van der Waals surface area contributed by atoms with Crippen LogP contribution in [-0.4, -0.2) is 52.1 Å². The number of hydrogen-bond acceptors (Lipinski definition) is 3. The van der Waals surface area contributed by atoms with E-state index in [2.05, 4.69) is 15.1 Å². The van der Waals surface area contributed by atoms with Crippen molar-refractivity contribution in [3.63, 3.8) is 0 Å². The summed E-state index contributed by atoms with van der Waals surface area (Å²) in [6, 6.07) is 14.9. The molecule has 0 aliphatic carbocycles. The van der Waals surface area contributed by atoms with E-state index in [1.54, 1.807) is 30.3 Å². The molecule has 0 radical (unpaired) electrons. The first kappa shape index (κ1) is 20.8. The van der Waals surface area contributed by atoms with Gasteiger partial charge in [-0.2, -0.15) is 5.10 Å². The van der Waals surface area contributed by atoms with Gasteiger partial charge in [0.1, 0.15) is 17.3 Å². The Morgan fingerprint density at radius 1 is 1.00 bits per heavy atom. The molecule has 2 aliphatic heterocycles. The summed E-state index contributed by atoms with van der Waals surface area (Å²) in [5, 5.41) is 6.94. The second-order valence-corrected chi connectivity index (χ2v) is 9.03. The van der Waals surface area contributed by atoms with Gasteiger partial charge in [-0.1, -0.05) is 30.3 Å². The van der Waals surface area contributed by atoms with Crippen LogP contribution in [0.4, 0.5) is 8.78 Å². The summed E-state index contributed by atoms with van der Waals surface area (Å²) in [5.41, 5.74) is 1.92. The average molecular weight is 437 g/mol. The molecule has 1 aromatic heterocycles. The van der Waals surface area contributed by atoms with Crippen LogP contribution in [0.1, 0.15) is 35.3 Å². The lowest BCUT2D eigenvalue weighted by Crippen LogP contribution is -2.45. The summed E-state index contributed by atoms with van der Waals surface area (Å²) < 4.78 is 28.2. The van der Waals surface area contributed by atoms with Crippen molar-refractivity contribution in [2.75, 3.05) is 26.2 Å². The van der Waals surface area contributed by atoms with Crippen LogP contribution in [0.15, 0.2) is 54.6 Å². The number of rotatable bonds is 4. The number of benzene rings is 2. The maximum absolute atomic E-state index is 14.1. The van der Waals surface area contributed by atoms with Crippen LogP contribution < -0.4 is 0 Å². The Labute approximate surface area is 186 Å². The monoisotopic (exact) mass is 436 g/mol. The van der Waals surface area contributed by atoms with Crippen molar-refractivity contribution in [3.8, 4) is 11.3 Å². The van der Waals surface area contributed by atoms with Crippen molar-refractivity contribution in [2.24, 2.45) is 5.41 Å². The summed E-state index contributed by atoms with van der Waals surface area (Å²) in [6.07, 6.45) is 3.03. The summed E-state index contributed by atoms with van der Waals surface area (Å²) in [6.45, 7) is 3.74. The molecular weight excluding hydrogens is 410 g/mol. The highest BCUT2D eigenvalue weighted by atomic mass is 19.1. The zero-order valence-electron chi connectivity index (χ0n) is 17.9. The number of halogens is 2. The van der Waals surface area contributed by atoms with E-state index in [0.717, 1.165) is 32.4 Å². The molecule has 5 rings (SSSR count). The first-order valence-corrected chi connectivity index (χ1v) is 11.1. The third kappa shape index (κ3) is 4.05. The van der Waals surface area contributed by atoms with E-state index in [9.17, 15) is 13.6 Å². The number of nitrogens with one attached hydrogen (secondary N) is 1. The summed E-state index contributed by atoms with van der Waals surface area (Å²) in [7, 11) is 0. The van der Waals surface area contributed by atoms with Gasteiger partial charge in [0.05, 0.1) is 5.69 Å². The molecule has 1 atom stereocenters. The molecule has 0 saturated carbocycles. The number of carbonyl (C=O) groups excluding carboxylic acids is 1. The van der Waals surface area contributed by atoms with E-state index < -0.39 is 0 Å². The van der Waals surface area contributed by atoms with Gasteiger partial charge in [-0.3, -0.25) is 14.8 Å². The molecule has 5 nitrogen and oxygen atoms in total. The van der Waals surface area contributed by atoms with Gasteiger partial charge in [0.15, 0.2) is 0 Å². The van der Waals surface area contributed by atoms with Crippen molar-refractivity contribution in [1.82, 2.24) is 20.0 Å². The normalized spacial score (nSPS) is 21.4. The number of H-pyrrole nitrogens is 1. The molecule has 2 saturated heterocycles. The van der Waals surface area contributed by atoms with Crippen LogP contribution in [0, 0.1) is 17.0 Å². The van der Waals surface area contributed by atoms with Crippen molar-refractivity contribution in [3.05, 3.63) is 77.5 Å². The van der Waals surface area contributed by atoms with Gasteiger partial charge in [0.25, 0.3) is 5.91 Å². The number of aromatic nitrogens is 2. The van der Waals surface area contributed by atoms with Crippen LogP contribution in [0.5, 0.6) is 0 Å². The fraction of sp³-hybridized carbons (Fsp3) is 0.360. The molecule has 166 valence electrons. The van der Waals surface area contributed by atoms with Crippen LogP contribution in [0.25, 0.3) is 11.3 Å². The molecule has 1 amide bonds. The summed E-state index contributed by atoms with van der Waals surface area (Å²) in [4.78, 5) is 17.3. The first-order valence-electron chi connectivity index (χ1n) is 11.1. The number of amides is 1. The van der Waals surface area contributed by atoms with Gasteiger partial charge in [-0.05, 0) is 50.1 Å². The Hall–Kier alpha value is -3.06. The minimum absolute atomic E-state index is 0.0353. The second kappa shape index (κ2) is 8.47. The molecule has 2 fully saturated rings. The Bertz CT molecular complexity index is 1130. The molecule has 7 heteroatoms. The van der Waals surface area contributed by atoms with Crippen LogP contribution in [0.2, 0.25) is 0 Å². The van der Waals surface area contributed by atoms with E-state index in [0.29, 0.717) is 42.1 Å². The Morgan fingerprint density at radius 2 is 1.78 bits per heavy atom. The number of nitrogens with zero attached hydrogens (tertiary/aromatic N) is 3. The average Bonchev–Trinajstić information content (AvgIpc) is 3.43. The van der Waals surface area contributed by atoms with Gasteiger partial charge in [-0.15, -0.1) is 0 Å². The van der Waals surface area contributed by atoms with E-state index >= 15 is 0 Å². The van der Waals surface area contributed by atoms with Crippen LogP contribution in [-0.2, 0) is 6.54 Å².